The monoisotopic (exact) mass is 314 g/mol. The summed E-state index contributed by atoms with van der Waals surface area (Å²) in [5.74, 6) is 0.804. The third kappa shape index (κ3) is 3.46. The average molecular weight is 315 g/mol. The predicted molar refractivity (Wildman–Crippen MR) is 73.9 cm³/mol. The lowest BCUT2D eigenvalue weighted by atomic mass is 10.1. The zero-order valence-electron chi connectivity index (χ0n) is 10.6. The number of hydrogen-bond donors (Lipinski definition) is 1. The SMILES string of the molecule is Cc1cc(Br)cc(CO)c1OCCC1CCCO1. The van der Waals surface area contributed by atoms with Gasteiger partial charge in [-0.2, -0.15) is 0 Å². The van der Waals surface area contributed by atoms with E-state index in [9.17, 15) is 5.11 Å². The molecule has 1 aromatic rings. The van der Waals surface area contributed by atoms with Crippen molar-refractivity contribution in [2.45, 2.75) is 38.9 Å². The van der Waals surface area contributed by atoms with Crippen LogP contribution in [0.15, 0.2) is 16.6 Å². The van der Waals surface area contributed by atoms with Crippen LogP contribution in [0.5, 0.6) is 5.75 Å². The van der Waals surface area contributed by atoms with Crippen molar-refractivity contribution in [1.82, 2.24) is 0 Å². The molecule has 4 heteroatoms. The Kier molecular flexibility index (Phi) is 5.03. The van der Waals surface area contributed by atoms with Gasteiger partial charge in [-0.05, 0) is 37.5 Å². The Morgan fingerprint density at radius 2 is 2.33 bits per heavy atom. The molecule has 18 heavy (non-hydrogen) atoms. The molecule has 3 nitrogen and oxygen atoms in total. The molecule has 1 unspecified atom stereocenters. The highest BCUT2D eigenvalue weighted by Gasteiger charge is 2.16. The first-order chi connectivity index (χ1) is 8.70. The molecule has 1 N–H and O–H groups in total. The third-order valence-electron chi connectivity index (χ3n) is 3.20. The van der Waals surface area contributed by atoms with E-state index in [0.29, 0.717) is 12.7 Å². The fraction of sp³-hybridized carbons (Fsp3) is 0.571. The number of halogens is 1. The Morgan fingerprint density at radius 3 is 3.00 bits per heavy atom. The Bertz CT molecular complexity index is 400. The maximum absolute atomic E-state index is 9.35. The van der Waals surface area contributed by atoms with E-state index in [0.717, 1.165) is 47.2 Å². The molecule has 1 fully saturated rings. The van der Waals surface area contributed by atoms with E-state index in [1.807, 2.05) is 19.1 Å². The Morgan fingerprint density at radius 1 is 1.50 bits per heavy atom. The Labute approximate surface area is 116 Å². The number of aryl methyl sites for hydroxylation is 1. The van der Waals surface area contributed by atoms with Crippen LogP contribution in [0.25, 0.3) is 0 Å². The van der Waals surface area contributed by atoms with Gasteiger partial charge in [0.15, 0.2) is 0 Å². The van der Waals surface area contributed by atoms with Crippen LogP contribution in [0.3, 0.4) is 0 Å². The van der Waals surface area contributed by atoms with Gasteiger partial charge in [0.2, 0.25) is 0 Å². The molecule has 1 saturated heterocycles. The third-order valence-corrected chi connectivity index (χ3v) is 3.65. The van der Waals surface area contributed by atoms with Gasteiger partial charge in [-0.1, -0.05) is 15.9 Å². The molecule has 100 valence electrons. The van der Waals surface area contributed by atoms with Crippen LogP contribution in [0, 0.1) is 6.92 Å². The fourth-order valence-electron chi connectivity index (χ4n) is 2.29. The number of rotatable bonds is 5. The number of hydrogen-bond acceptors (Lipinski definition) is 3. The van der Waals surface area contributed by atoms with Crippen LogP contribution < -0.4 is 4.74 Å². The van der Waals surface area contributed by atoms with Crippen molar-refractivity contribution in [1.29, 1.82) is 0 Å². The van der Waals surface area contributed by atoms with Crippen molar-refractivity contribution in [3.05, 3.63) is 27.7 Å². The Hall–Kier alpha value is -0.580. The molecule has 1 heterocycles. The van der Waals surface area contributed by atoms with Crippen LogP contribution in [-0.2, 0) is 11.3 Å². The zero-order chi connectivity index (χ0) is 13.0. The topological polar surface area (TPSA) is 38.7 Å². The van der Waals surface area contributed by atoms with Crippen LogP contribution in [0.2, 0.25) is 0 Å². The standard InChI is InChI=1S/C14H19BrO3/c1-10-7-12(15)8-11(9-16)14(10)18-6-4-13-3-2-5-17-13/h7-8,13,16H,2-6,9H2,1H3. The van der Waals surface area contributed by atoms with Crippen LogP contribution in [-0.4, -0.2) is 24.4 Å². The molecule has 1 aromatic carbocycles. The molecule has 1 aliphatic heterocycles. The van der Waals surface area contributed by atoms with Gasteiger partial charge in [0.05, 0.1) is 19.3 Å². The summed E-state index contributed by atoms with van der Waals surface area (Å²) < 4.78 is 12.3. The second-order valence-electron chi connectivity index (χ2n) is 4.64. The zero-order valence-corrected chi connectivity index (χ0v) is 12.2. The van der Waals surface area contributed by atoms with Crippen molar-refractivity contribution in [2.24, 2.45) is 0 Å². The summed E-state index contributed by atoms with van der Waals surface area (Å²) in [5.41, 5.74) is 1.87. The van der Waals surface area contributed by atoms with Gasteiger partial charge in [0, 0.05) is 23.1 Å². The van der Waals surface area contributed by atoms with E-state index in [4.69, 9.17) is 9.47 Å². The molecule has 0 saturated carbocycles. The van der Waals surface area contributed by atoms with Crippen LogP contribution in [0.1, 0.15) is 30.4 Å². The summed E-state index contributed by atoms with van der Waals surface area (Å²) in [6.07, 6.45) is 3.55. The summed E-state index contributed by atoms with van der Waals surface area (Å²) in [6, 6.07) is 3.90. The normalized spacial score (nSPS) is 19.2. The lowest BCUT2D eigenvalue weighted by Gasteiger charge is -2.15. The van der Waals surface area contributed by atoms with Gasteiger partial charge in [-0.15, -0.1) is 0 Å². The first kappa shape index (κ1) is 13.8. The van der Waals surface area contributed by atoms with Crippen molar-refractivity contribution in [3.63, 3.8) is 0 Å². The number of aliphatic hydroxyl groups is 1. The molecule has 2 rings (SSSR count). The van der Waals surface area contributed by atoms with Gasteiger partial charge in [0.1, 0.15) is 5.75 Å². The maximum Gasteiger partial charge on any atom is 0.127 e. The van der Waals surface area contributed by atoms with Crippen molar-refractivity contribution in [3.8, 4) is 5.75 Å². The summed E-state index contributed by atoms with van der Waals surface area (Å²) in [7, 11) is 0. The van der Waals surface area contributed by atoms with Crippen molar-refractivity contribution < 1.29 is 14.6 Å². The van der Waals surface area contributed by atoms with Crippen molar-refractivity contribution in [2.75, 3.05) is 13.2 Å². The summed E-state index contributed by atoms with van der Waals surface area (Å²) >= 11 is 3.42. The minimum atomic E-state index is -0.00442. The van der Waals surface area contributed by atoms with Gasteiger partial charge < -0.3 is 14.6 Å². The fourth-order valence-corrected chi connectivity index (χ4v) is 2.91. The molecular formula is C14H19BrO3. The molecular weight excluding hydrogens is 296 g/mol. The highest BCUT2D eigenvalue weighted by Crippen LogP contribution is 2.28. The molecule has 1 atom stereocenters. The first-order valence-electron chi connectivity index (χ1n) is 6.35. The van der Waals surface area contributed by atoms with Crippen LogP contribution >= 0.6 is 15.9 Å². The van der Waals surface area contributed by atoms with Crippen molar-refractivity contribution >= 4 is 15.9 Å². The minimum absolute atomic E-state index is 0.00442. The quantitative estimate of drug-likeness (QED) is 0.907. The van der Waals surface area contributed by atoms with E-state index < -0.39 is 0 Å². The average Bonchev–Trinajstić information content (AvgIpc) is 2.84. The minimum Gasteiger partial charge on any atom is -0.493 e. The second kappa shape index (κ2) is 6.55. The molecule has 0 aromatic heterocycles. The highest BCUT2D eigenvalue weighted by molar-refractivity contribution is 9.10. The molecule has 0 bridgehead atoms. The van der Waals surface area contributed by atoms with Gasteiger partial charge >= 0.3 is 0 Å². The highest BCUT2D eigenvalue weighted by atomic mass is 79.9. The molecule has 1 aliphatic rings. The summed E-state index contributed by atoms with van der Waals surface area (Å²) in [4.78, 5) is 0. The van der Waals surface area contributed by atoms with Gasteiger partial charge in [-0.3, -0.25) is 0 Å². The van der Waals surface area contributed by atoms with E-state index >= 15 is 0 Å². The van der Waals surface area contributed by atoms with E-state index in [2.05, 4.69) is 15.9 Å². The number of benzene rings is 1. The molecule has 0 spiro atoms. The van der Waals surface area contributed by atoms with Gasteiger partial charge in [-0.25, -0.2) is 0 Å². The summed E-state index contributed by atoms with van der Waals surface area (Å²) in [5, 5.41) is 9.35. The van der Waals surface area contributed by atoms with E-state index in [-0.39, 0.29) is 6.61 Å². The van der Waals surface area contributed by atoms with Crippen LogP contribution in [0.4, 0.5) is 0 Å². The second-order valence-corrected chi connectivity index (χ2v) is 5.56. The molecule has 0 aliphatic carbocycles. The van der Waals surface area contributed by atoms with E-state index in [1.54, 1.807) is 0 Å². The first-order valence-corrected chi connectivity index (χ1v) is 7.14. The number of aliphatic hydroxyl groups excluding tert-OH is 1. The smallest absolute Gasteiger partial charge is 0.127 e. The summed E-state index contributed by atoms with van der Waals surface area (Å²) in [6.45, 7) is 3.50. The maximum atomic E-state index is 9.35. The lowest BCUT2D eigenvalue weighted by molar-refractivity contribution is 0.0898. The Balaban J connectivity index is 1.95. The largest absolute Gasteiger partial charge is 0.493 e. The molecule has 0 radical (unpaired) electrons. The van der Waals surface area contributed by atoms with Gasteiger partial charge in [0.25, 0.3) is 0 Å². The predicted octanol–water partition coefficient (Wildman–Crippen LogP) is 3.20. The van der Waals surface area contributed by atoms with E-state index in [1.165, 1.54) is 0 Å². The number of ether oxygens (including phenoxy) is 2. The lowest BCUT2D eigenvalue weighted by Crippen LogP contribution is -2.12. The molecule has 0 amide bonds.